The lowest BCUT2D eigenvalue weighted by Crippen LogP contribution is -1.90. The first-order chi connectivity index (χ1) is 4.74. The molecular weight excluding hydrogens is 146 g/mol. The van der Waals surface area contributed by atoms with Crippen molar-refractivity contribution in [1.29, 1.82) is 0 Å². The van der Waals surface area contributed by atoms with Crippen LogP contribution in [0.25, 0.3) is 6.08 Å². The molecule has 0 fully saturated rings. The zero-order valence-electron chi connectivity index (χ0n) is 5.97. The van der Waals surface area contributed by atoms with E-state index in [2.05, 4.69) is 4.98 Å². The van der Waals surface area contributed by atoms with Gasteiger partial charge in [0.2, 0.25) is 0 Å². The Hall–Kier alpha value is -0.830. The van der Waals surface area contributed by atoms with E-state index in [-0.39, 0.29) is 4.87 Å². The summed E-state index contributed by atoms with van der Waals surface area (Å²) < 4.78 is 0. The van der Waals surface area contributed by atoms with Gasteiger partial charge in [-0.25, -0.2) is 0 Å². The van der Waals surface area contributed by atoms with E-state index in [0.717, 1.165) is 10.6 Å². The molecule has 0 saturated heterocycles. The third kappa shape index (κ3) is 1.36. The summed E-state index contributed by atoms with van der Waals surface area (Å²) in [5.74, 6) is 0. The second-order valence-electron chi connectivity index (χ2n) is 2.00. The number of aryl methyl sites for hydroxylation is 1. The zero-order chi connectivity index (χ0) is 7.56. The first-order valence-electron chi connectivity index (χ1n) is 3.06. The van der Waals surface area contributed by atoms with Crippen LogP contribution in [-0.2, 0) is 0 Å². The standard InChI is InChI=1S/C7H9NOS/c1-3-4-6-5(2)8-7(9)10-6/h3-4H,1-2H3,(H,8,9)/b4-3-. The molecule has 3 heteroatoms. The van der Waals surface area contributed by atoms with E-state index >= 15 is 0 Å². The second-order valence-corrected chi connectivity index (χ2v) is 3.02. The lowest BCUT2D eigenvalue weighted by Gasteiger charge is -1.83. The number of aromatic nitrogens is 1. The van der Waals surface area contributed by atoms with Crippen LogP contribution >= 0.6 is 11.3 Å². The topological polar surface area (TPSA) is 32.9 Å². The fourth-order valence-electron chi connectivity index (χ4n) is 0.727. The number of allylic oxidation sites excluding steroid dienone is 1. The summed E-state index contributed by atoms with van der Waals surface area (Å²) in [4.78, 5) is 14.5. The van der Waals surface area contributed by atoms with Gasteiger partial charge in [-0.05, 0) is 19.9 Å². The Labute approximate surface area is 63.2 Å². The first kappa shape index (κ1) is 7.28. The predicted octanol–water partition coefficient (Wildman–Crippen LogP) is 1.78. The SMILES string of the molecule is C/C=C\c1sc(=O)[nH]c1C. The van der Waals surface area contributed by atoms with Crippen LogP contribution in [0.15, 0.2) is 10.9 Å². The molecular formula is C7H9NOS. The van der Waals surface area contributed by atoms with Gasteiger partial charge in [0.05, 0.1) is 4.88 Å². The van der Waals surface area contributed by atoms with Gasteiger partial charge in [-0.3, -0.25) is 4.79 Å². The van der Waals surface area contributed by atoms with Crippen LogP contribution in [0.3, 0.4) is 0 Å². The molecule has 1 aromatic heterocycles. The summed E-state index contributed by atoms with van der Waals surface area (Å²) in [6.07, 6.45) is 3.85. The van der Waals surface area contributed by atoms with E-state index in [9.17, 15) is 4.79 Å². The van der Waals surface area contributed by atoms with Crippen LogP contribution in [0.5, 0.6) is 0 Å². The minimum Gasteiger partial charge on any atom is -0.316 e. The van der Waals surface area contributed by atoms with Crippen molar-refractivity contribution in [1.82, 2.24) is 4.98 Å². The maximum absolute atomic E-state index is 10.7. The zero-order valence-corrected chi connectivity index (χ0v) is 6.79. The third-order valence-electron chi connectivity index (χ3n) is 1.18. The van der Waals surface area contributed by atoms with Crippen molar-refractivity contribution in [2.24, 2.45) is 0 Å². The highest BCUT2D eigenvalue weighted by atomic mass is 32.1. The van der Waals surface area contributed by atoms with Crippen molar-refractivity contribution >= 4 is 17.4 Å². The normalized spacial score (nSPS) is 11.0. The van der Waals surface area contributed by atoms with Crippen LogP contribution < -0.4 is 4.87 Å². The number of hydrogen-bond acceptors (Lipinski definition) is 2. The Morgan fingerprint density at radius 1 is 1.60 bits per heavy atom. The fourth-order valence-corrected chi connectivity index (χ4v) is 1.54. The maximum Gasteiger partial charge on any atom is 0.305 e. The van der Waals surface area contributed by atoms with E-state index in [1.54, 1.807) is 0 Å². The van der Waals surface area contributed by atoms with E-state index < -0.39 is 0 Å². The Bertz CT molecular complexity index is 295. The minimum absolute atomic E-state index is 0.0191. The molecule has 1 N–H and O–H groups in total. The molecule has 0 radical (unpaired) electrons. The van der Waals surface area contributed by atoms with Crippen LogP contribution in [0.1, 0.15) is 17.5 Å². The maximum atomic E-state index is 10.7. The number of nitrogens with one attached hydrogen (secondary N) is 1. The molecule has 0 atom stereocenters. The van der Waals surface area contributed by atoms with Crippen molar-refractivity contribution in [3.63, 3.8) is 0 Å². The fraction of sp³-hybridized carbons (Fsp3) is 0.286. The molecule has 2 nitrogen and oxygen atoms in total. The molecule has 0 unspecified atom stereocenters. The molecule has 0 amide bonds. The molecule has 1 rings (SSSR count). The number of rotatable bonds is 1. The highest BCUT2D eigenvalue weighted by Gasteiger charge is 1.96. The number of thiazole rings is 1. The lowest BCUT2D eigenvalue weighted by molar-refractivity contribution is 1.22. The van der Waals surface area contributed by atoms with Crippen LogP contribution in [0, 0.1) is 6.92 Å². The van der Waals surface area contributed by atoms with Crippen molar-refractivity contribution in [3.05, 3.63) is 26.3 Å². The van der Waals surface area contributed by atoms with E-state index in [1.807, 2.05) is 26.0 Å². The average Bonchev–Trinajstić information content (AvgIpc) is 2.13. The molecule has 1 heterocycles. The Morgan fingerprint density at radius 3 is 2.70 bits per heavy atom. The number of H-pyrrole nitrogens is 1. The summed E-state index contributed by atoms with van der Waals surface area (Å²) >= 11 is 1.24. The van der Waals surface area contributed by atoms with Gasteiger partial charge in [0.15, 0.2) is 0 Å². The van der Waals surface area contributed by atoms with Crippen LogP contribution in [-0.4, -0.2) is 4.98 Å². The molecule has 0 saturated carbocycles. The van der Waals surface area contributed by atoms with E-state index in [4.69, 9.17) is 0 Å². The van der Waals surface area contributed by atoms with Gasteiger partial charge in [-0.2, -0.15) is 0 Å². The van der Waals surface area contributed by atoms with Gasteiger partial charge in [0, 0.05) is 5.69 Å². The van der Waals surface area contributed by atoms with Gasteiger partial charge in [0.25, 0.3) is 0 Å². The van der Waals surface area contributed by atoms with E-state index in [0.29, 0.717) is 0 Å². The Morgan fingerprint density at radius 2 is 2.30 bits per heavy atom. The second kappa shape index (κ2) is 2.84. The minimum atomic E-state index is 0.0191. The van der Waals surface area contributed by atoms with Crippen molar-refractivity contribution in [2.45, 2.75) is 13.8 Å². The summed E-state index contributed by atoms with van der Waals surface area (Å²) in [6.45, 7) is 3.83. The Kier molecular flexibility index (Phi) is 2.06. The molecule has 10 heavy (non-hydrogen) atoms. The van der Waals surface area contributed by atoms with Crippen LogP contribution in [0.4, 0.5) is 0 Å². The number of hydrogen-bond donors (Lipinski definition) is 1. The third-order valence-corrected chi connectivity index (χ3v) is 2.13. The molecule has 0 aromatic carbocycles. The quantitative estimate of drug-likeness (QED) is 0.658. The van der Waals surface area contributed by atoms with Crippen molar-refractivity contribution in [3.8, 4) is 0 Å². The molecule has 0 bridgehead atoms. The van der Waals surface area contributed by atoms with Crippen molar-refractivity contribution < 1.29 is 0 Å². The first-order valence-corrected chi connectivity index (χ1v) is 3.88. The average molecular weight is 155 g/mol. The monoisotopic (exact) mass is 155 g/mol. The largest absolute Gasteiger partial charge is 0.316 e. The van der Waals surface area contributed by atoms with Gasteiger partial charge in [0.1, 0.15) is 0 Å². The smallest absolute Gasteiger partial charge is 0.305 e. The summed E-state index contributed by atoms with van der Waals surface area (Å²) in [6, 6.07) is 0. The van der Waals surface area contributed by atoms with Gasteiger partial charge in [-0.15, -0.1) is 0 Å². The lowest BCUT2D eigenvalue weighted by atomic mass is 10.4. The highest BCUT2D eigenvalue weighted by Crippen LogP contribution is 2.09. The molecule has 1 aromatic rings. The molecule has 54 valence electrons. The molecule has 0 aliphatic rings. The molecule has 0 aliphatic heterocycles. The summed E-state index contributed by atoms with van der Waals surface area (Å²) in [5.41, 5.74) is 0.952. The Balaban J connectivity index is 3.15. The van der Waals surface area contributed by atoms with Crippen LogP contribution in [0.2, 0.25) is 0 Å². The van der Waals surface area contributed by atoms with Gasteiger partial charge >= 0.3 is 4.87 Å². The molecule has 0 spiro atoms. The van der Waals surface area contributed by atoms with Gasteiger partial charge < -0.3 is 4.98 Å². The van der Waals surface area contributed by atoms with Crippen molar-refractivity contribution in [2.75, 3.05) is 0 Å². The summed E-state index contributed by atoms with van der Waals surface area (Å²) in [7, 11) is 0. The van der Waals surface area contributed by atoms with E-state index in [1.165, 1.54) is 11.3 Å². The number of aromatic amines is 1. The molecule has 0 aliphatic carbocycles. The van der Waals surface area contributed by atoms with Gasteiger partial charge in [-0.1, -0.05) is 17.4 Å². The highest BCUT2D eigenvalue weighted by molar-refractivity contribution is 7.10. The summed E-state index contributed by atoms with van der Waals surface area (Å²) in [5, 5.41) is 0. The predicted molar refractivity (Wildman–Crippen MR) is 44.4 cm³/mol.